The molecule has 1 fully saturated rings. The van der Waals surface area contributed by atoms with Gasteiger partial charge in [-0.25, -0.2) is 0 Å². The Morgan fingerprint density at radius 1 is 1.25 bits per heavy atom. The van der Waals surface area contributed by atoms with Crippen molar-refractivity contribution in [3.8, 4) is 6.07 Å². The number of carbonyl (C=O) groups is 1. The number of hydrogen-bond acceptors (Lipinski definition) is 2. The summed E-state index contributed by atoms with van der Waals surface area (Å²) in [6, 6.07) is 2.29. The average Bonchev–Trinajstić information content (AvgIpc) is 2.15. The first-order chi connectivity index (χ1) is 7.35. The van der Waals surface area contributed by atoms with Crippen LogP contribution in [0.4, 0.5) is 0 Å². The molecule has 2 unspecified atom stereocenters. The van der Waals surface area contributed by atoms with Gasteiger partial charge in [-0.2, -0.15) is 5.26 Å². The SMILES string of the molecule is CC1CC(C)CC(NC(=O)C(C)(C)C#N)C1. The third-order valence-electron chi connectivity index (χ3n) is 3.36. The minimum atomic E-state index is -0.913. The molecule has 1 amide bonds. The molecule has 3 heteroatoms. The third kappa shape index (κ3) is 3.23. The summed E-state index contributed by atoms with van der Waals surface area (Å²) in [6.45, 7) is 7.78. The molecule has 0 spiro atoms. The van der Waals surface area contributed by atoms with Crippen molar-refractivity contribution in [2.45, 2.75) is 53.0 Å². The van der Waals surface area contributed by atoms with Gasteiger partial charge in [0, 0.05) is 6.04 Å². The van der Waals surface area contributed by atoms with E-state index in [9.17, 15) is 4.79 Å². The molecule has 0 saturated heterocycles. The van der Waals surface area contributed by atoms with Crippen LogP contribution in [0.1, 0.15) is 47.0 Å². The van der Waals surface area contributed by atoms with E-state index in [4.69, 9.17) is 5.26 Å². The molecule has 0 aliphatic heterocycles. The Balaban J connectivity index is 2.55. The van der Waals surface area contributed by atoms with Gasteiger partial charge in [-0.05, 0) is 44.9 Å². The monoisotopic (exact) mass is 222 g/mol. The summed E-state index contributed by atoms with van der Waals surface area (Å²) in [4.78, 5) is 11.8. The van der Waals surface area contributed by atoms with Crippen molar-refractivity contribution >= 4 is 5.91 Å². The third-order valence-corrected chi connectivity index (χ3v) is 3.36. The Labute approximate surface area is 98.2 Å². The second kappa shape index (κ2) is 4.86. The fraction of sp³-hybridized carbons (Fsp3) is 0.846. The van der Waals surface area contributed by atoms with Crippen molar-refractivity contribution in [3.63, 3.8) is 0 Å². The smallest absolute Gasteiger partial charge is 0.240 e. The second-order valence-electron chi connectivity index (χ2n) is 5.82. The number of carbonyl (C=O) groups excluding carboxylic acids is 1. The van der Waals surface area contributed by atoms with E-state index in [1.807, 2.05) is 6.07 Å². The Morgan fingerprint density at radius 2 is 1.75 bits per heavy atom. The highest BCUT2D eigenvalue weighted by Gasteiger charge is 2.31. The zero-order valence-electron chi connectivity index (χ0n) is 10.7. The number of nitriles is 1. The van der Waals surface area contributed by atoms with Crippen LogP contribution in [0.3, 0.4) is 0 Å². The molecular formula is C13H22N2O. The number of rotatable bonds is 2. The quantitative estimate of drug-likeness (QED) is 0.780. The topological polar surface area (TPSA) is 52.9 Å². The van der Waals surface area contributed by atoms with Crippen molar-refractivity contribution in [3.05, 3.63) is 0 Å². The largest absolute Gasteiger partial charge is 0.352 e. The maximum atomic E-state index is 11.8. The molecule has 1 rings (SSSR count). The normalized spacial score (nSPS) is 30.6. The number of hydrogen-bond donors (Lipinski definition) is 1. The Kier molecular flexibility index (Phi) is 3.96. The van der Waals surface area contributed by atoms with Gasteiger partial charge >= 0.3 is 0 Å². The lowest BCUT2D eigenvalue weighted by Gasteiger charge is -2.33. The molecule has 1 N–H and O–H groups in total. The van der Waals surface area contributed by atoms with E-state index in [1.165, 1.54) is 6.42 Å². The molecule has 0 radical (unpaired) electrons. The molecule has 1 aliphatic rings. The van der Waals surface area contributed by atoms with Crippen LogP contribution in [0.5, 0.6) is 0 Å². The van der Waals surface area contributed by atoms with Crippen LogP contribution in [-0.4, -0.2) is 11.9 Å². The fourth-order valence-corrected chi connectivity index (χ4v) is 2.48. The predicted octanol–water partition coefficient (Wildman–Crippen LogP) is 2.48. The first-order valence-electron chi connectivity index (χ1n) is 6.07. The zero-order valence-corrected chi connectivity index (χ0v) is 10.7. The zero-order chi connectivity index (χ0) is 12.3. The number of nitrogens with zero attached hydrogens (tertiary/aromatic N) is 1. The van der Waals surface area contributed by atoms with Gasteiger partial charge in [0.1, 0.15) is 5.41 Å². The average molecular weight is 222 g/mol. The molecule has 90 valence electrons. The summed E-state index contributed by atoms with van der Waals surface area (Å²) >= 11 is 0. The molecule has 0 aromatic carbocycles. The summed E-state index contributed by atoms with van der Waals surface area (Å²) < 4.78 is 0. The summed E-state index contributed by atoms with van der Waals surface area (Å²) in [5.74, 6) is 1.19. The van der Waals surface area contributed by atoms with Crippen LogP contribution >= 0.6 is 0 Å². The molecular weight excluding hydrogens is 200 g/mol. The molecule has 3 nitrogen and oxygen atoms in total. The molecule has 16 heavy (non-hydrogen) atoms. The fourth-order valence-electron chi connectivity index (χ4n) is 2.48. The molecule has 0 bridgehead atoms. The molecule has 0 heterocycles. The summed E-state index contributed by atoms with van der Waals surface area (Å²) in [6.07, 6.45) is 3.32. The van der Waals surface area contributed by atoms with E-state index in [0.29, 0.717) is 11.8 Å². The maximum Gasteiger partial charge on any atom is 0.240 e. The lowest BCUT2D eigenvalue weighted by molar-refractivity contribution is -0.127. The van der Waals surface area contributed by atoms with Gasteiger partial charge in [-0.1, -0.05) is 13.8 Å². The first-order valence-corrected chi connectivity index (χ1v) is 6.07. The Morgan fingerprint density at radius 3 is 2.19 bits per heavy atom. The number of amides is 1. The molecule has 2 atom stereocenters. The van der Waals surface area contributed by atoms with E-state index in [0.717, 1.165) is 12.8 Å². The molecule has 1 aliphatic carbocycles. The van der Waals surface area contributed by atoms with E-state index in [2.05, 4.69) is 19.2 Å². The van der Waals surface area contributed by atoms with Crippen LogP contribution in [0.25, 0.3) is 0 Å². The van der Waals surface area contributed by atoms with Crippen molar-refractivity contribution in [1.29, 1.82) is 5.26 Å². The van der Waals surface area contributed by atoms with Gasteiger partial charge in [0.05, 0.1) is 6.07 Å². The van der Waals surface area contributed by atoms with Gasteiger partial charge in [-0.3, -0.25) is 4.79 Å². The molecule has 0 aromatic rings. The van der Waals surface area contributed by atoms with Crippen molar-refractivity contribution in [2.24, 2.45) is 17.3 Å². The highest BCUT2D eigenvalue weighted by molar-refractivity contribution is 5.84. The Hall–Kier alpha value is -1.04. The minimum absolute atomic E-state index is 0.138. The number of nitrogens with one attached hydrogen (secondary N) is 1. The summed E-state index contributed by atoms with van der Waals surface area (Å²) in [5, 5.41) is 11.9. The van der Waals surface area contributed by atoms with E-state index < -0.39 is 5.41 Å². The van der Waals surface area contributed by atoms with Crippen LogP contribution in [-0.2, 0) is 4.79 Å². The standard InChI is InChI=1S/C13H22N2O/c1-9-5-10(2)7-11(6-9)15-12(16)13(3,4)8-14/h9-11H,5-7H2,1-4H3,(H,15,16). The van der Waals surface area contributed by atoms with Crippen molar-refractivity contribution in [2.75, 3.05) is 0 Å². The van der Waals surface area contributed by atoms with Crippen molar-refractivity contribution < 1.29 is 4.79 Å². The predicted molar refractivity (Wildman–Crippen MR) is 63.5 cm³/mol. The highest BCUT2D eigenvalue weighted by atomic mass is 16.2. The van der Waals surface area contributed by atoms with Crippen LogP contribution in [0.15, 0.2) is 0 Å². The van der Waals surface area contributed by atoms with Crippen LogP contribution in [0, 0.1) is 28.6 Å². The molecule has 1 saturated carbocycles. The summed E-state index contributed by atoms with van der Waals surface area (Å²) in [7, 11) is 0. The van der Waals surface area contributed by atoms with Gasteiger partial charge in [-0.15, -0.1) is 0 Å². The van der Waals surface area contributed by atoms with Crippen molar-refractivity contribution in [1.82, 2.24) is 5.32 Å². The van der Waals surface area contributed by atoms with Gasteiger partial charge < -0.3 is 5.32 Å². The highest BCUT2D eigenvalue weighted by Crippen LogP contribution is 2.29. The van der Waals surface area contributed by atoms with Gasteiger partial charge in [0.2, 0.25) is 5.91 Å². The van der Waals surface area contributed by atoms with Crippen LogP contribution in [0.2, 0.25) is 0 Å². The van der Waals surface area contributed by atoms with E-state index in [1.54, 1.807) is 13.8 Å². The summed E-state index contributed by atoms with van der Waals surface area (Å²) in [5.41, 5.74) is -0.913. The molecule has 0 aromatic heterocycles. The Bertz CT molecular complexity index is 294. The van der Waals surface area contributed by atoms with Gasteiger partial charge in [0.15, 0.2) is 0 Å². The second-order valence-corrected chi connectivity index (χ2v) is 5.82. The van der Waals surface area contributed by atoms with Crippen LogP contribution < -0.4 is 5.32 Å². The first kappa shape index (κ1) is 13.0. The van der Waals surface area contributed by atoms with E-state index in [-0.39, 0.29) is 11.9 Å². The lowest BCUT2D eigenvalue weighted by Crippen LogP contribution is -2.45. The van der Waals surface area contributed by atoms with Gasteiger partial charge in [0.25, 0.3) is 0 Å². The minimum Gasteiger partial charge on any atom is -0.352 e. The maximum absolute atomic E-state index is 11.8. The van der Waals surface area contributed by atoms with E-state index >= 15 is 0 Å². The lowest BCUT2D eigenvalue weighted by atomic mass is 9.80.